The average molecular weight is 415 g/mol. The highest BCUT2D eigenvalue weighted by Gasteiger charge is 2.40. The lowest BCUT2D eigenvalue weighted by atomic mass is 10.0. The van der Waals surface area contributed by atoms with Gasteiger partial charge in [0.1, 0.15) is 18.0 Å². The molecule has 1 aromatic carbocycles. The van der Waals surface area contributed by atoms with E-state index in [1.165, 1.54) is 95.5 Å². The first-order valence-corrected chi connectivity index (χ1v) is 12.7. The second-order valence-corrected chi connectivity index (χ2v) is 9.38. The van der Waals surface area contributed by atoms with Crippen molar-refractivity contribution in [2.45, 2.75) is 116 Å². The quantitative estimate of drug-likeness (QED) is 0.129. The fourth-order valence-electron chi connectivity index (χ4n) is 3.78. The van der Waals surface area contributed by atoms with E-state index in [0.717, 1.165) is 18.8 Å². The molecule has 1 saturated heterocycles. The van der Waals surface area contributed by atoms with E-state index in [9.17, 15) is 0 Å². The predicted octanol–water partition coefficient (Wildman–Crippen LogP) is 8.43. The van der Waals surface area contributed by atoms with Gasteiger partial charge < -0.3 is 9.47 Å². The molecule has 0 radical (unpaired) electrons. The van der Waals surface area contributed by atoms with Crippen molar-refractivity contribution in [2.24, 2.45) is 0 Å². The van der Waals surface area contributed by atoms with Gasteiger partial charge in [-0.2, -0.15) is 0 Å². The monoisotopic (exact) mass is 414 g/mol. The van der Waals surface area contributed by atoms with Gasteiger partial charge >= 0.3 is 0 Å². The van der Waals surface area contributed by atoms with E-state index in [1.54, 1.807) is 0 Å². The zero-order chi connectivity index (χ0) is 21.3. The Balaban J connectivity index is 1.36. The molecule has 0 amide bonds. The molecule has 1 aliphatic heterocycles. The molecule has 1 aromatic rings. The maximum atomic E-state index is 5.78. The van der Waals surface area contributed by atoms with Gasteiger partial charge in [0.25, 0.3) is 0 Å². The van der Waals surface area contributed by atoms with Crippen molar-refractivity contribution >= 4 is 0 Å². The van der Waals surface area contributed by atoms with Crippen LogP contribution in [0.15, 0.2) is 36.4 Å². The molecule has 0 saturated carbocycles. The minimum Gasteiger partial charge on any atom is -0.491 e. The van der Waals surface area contributed by atoms with Crippen molar-refractivity contribution in [2.75, 3.05) is 13.2 Å². The number of unbranched alkanes of at least 4 members (excludes halogenated alkanes) is 13. The van der Waals surface area contributed by atoms with Crippen LogP contribution < -0.4 is 4.74 Å². The minimum atomic E-state index is -0.0467. The molecule has 1 atom stereocenters. The van der Waals surface area contributed by atoms with Gasteiger partial charge in [-0.05, 0) is 43.9 Å². The lowest BCUT2D eigenvalue weighted by Crippen LogP contribution is -2.16. The third kappa shape index (κ3) is 12.4. The second-order valence-electron chi connectivity index (χ2n) is 9.38. The van der Waals surface area contributed by atoms with Crippen LogP contribution in [0.2, 0.25) is 0 Å². The zero-order valence-electron chi connectivity index (χ0n) is 19.8. The molecule has 1 heterocycles. The summed E-state index contributed by atoms with van der Waals surface area (Å²) < 4.78 is 11.1. The lowest BCUT2D eigenvalue weighted by Gasteiger charge is -2.09. The summed E-state index contributed by atoms with van der Waals surface area (Å²) in [6.45, 7) is 5.84. The maximum absolute atomic E-state index is 5.78. The van der Waals surface area contributed by atoms with E-state index in [-0.39, 0.29) is 5.60 Å². The molecule has 0 aromatic heterocycles. The number of allylic oxidation sites excluding steroid dienone is 2. The van der Waals surface area contributed by atoms with Crippen LogP contribution in [0, 0.1) is 0 Å². The summed E-state index contributed by atoms with van der Waals surface area (Å²) in [5.41, 5.74) is 1.30. The topological polar surface area (TPSA) is 21.8 Å². The van der Waals surface area contributed by atoms with Crippen molar-refractivity contribution in [3.8, 4) is 5.75 Å². The first kappa shape index (κ1) is 25.0. The molecule has 2 heteroatoms. The number of epoxide rings is 1. The lowest BCUT2D eigenvalue weighted by molar-refractivity contribution is 0.202. The summed E-state index contributed by atoms with van der Waals surface area (Å²) in [6, 6.07) is 8.48. The predicted molar refractivity (Wildman–Crippen MR) is 129 cm³/mol. The Morgan fingerprint density at radius 3 is 1.87 bits per heavy atom. The third-order valence-corrected chi connectivity index (χ3v) is 6.10. The van der Waals surface area contributed by atoms with Crippen LogP contribution in [0.3, 0.4) is 0 Å². The fourth-order valence-corrected chi connectivity index (χ4v) is 3.78. The number of ether oxygens (including phenoxy) is 2. The molecule has 1 unspecified atom stereocenters. The summed E-state index contributed by atoms with van der Waals surface area (Å²) in [7, 11) is 0. The van der Waals surface area contributed by atoms with Crippen molar-refractivity contribution in [1.82, 2.24) is 0 Å². The molecule has 1 fully saturated rings. The third-order valence-electron chi connectivity index (χ3n) is 6.10. The molecule has 0 aliphatic carbocycles. The average Bonchev–Trinajstić information content (AvgIpc) is 3.50. The summed E-state index contributed by atoms with van der Waals surface area (Å²) in [5.74, 6) is 0.937. The summed E-state index contributed by atoms with van der Waals surface area (Å²) in [5, 5.41) is 0. The molecule has 30 heavy (non-hydrogen) atoms. The Morgan fingerprint density at radius 2 is 1.33 bits per heavy atom. The van der Waals surface area contributed by atoms with E-state index in [0.29, 0.717) is 6.61 Å². The Hall–Kier alpha value is -1.28. The smallest absolute Gasteiger partial charge is 0.123 e. The van der Waals surface area contributed by atoms with Crippen LogP contribution in [0.1, 0.15) is 109 Å². The number of hydrogen-bond donors (Lipinski definition) is 0. The van der Waals surface area contributed by atoms with Gasteiger partial charge in [0.2, 0.25) is 0 Å². The standard InChI is InChI=1S/C28H46O2/c1-3-4-5-6-7-8-9-10-11-12-13-14-15-16-17-18-19-26-20-22-27(23-21-26)29-24-28(2)25-30-28/h17-18,20-23H,3-16,19,24-25H2,1-2H3/b18-17+. The van der Waals surface area contributed by atoms with Gasteiger partial charge in [0.05, 0.1) is 6.61 Å². The van der Waals surface area contributed by atoms with Crippen LogP contribution in [0.5, 0.6) is 5.75 Å². The van der Waals surface area contributed by atoms with Gasteiger partial charge in [-0.15, -0.1) is 0 Å². The molecular weight excluding hydrogens is 368 g/mol. The normalized spacial score (nSPS) is 18.2. The maximum Gasteiger partial charge on any atom is 0.123 e. The van der Waals surface area contributed by atoms with E-state index < -0.39 is 0 Å². The van der Waals surface area contributed by atoms with Gasteiger partial charge in [0.15, 0.2) is 0 Å². The second kappa shape index (κ2) is 15.5. The van der Waals surface area contributed by atoms with Gasteiger partial charge in [-0.3, -0.25) is 0 Å². The van der Waals surface area contributed by atoms with Crippen molar-refractivity contribution in [1.29, 1.82) is 0 Å². The van der Waals surface area contributed by atoms with Crippen LogP contribution in [0.25, 0.3) is 0 Å². The molecule has 2 rings (SSSR count). The summed E-state index contributed by atoms with van der Waals surface area (Å²) in [6.07, 6.45) is 25.4. The largest absolute Gasteiger partial charge is 0.491 e. The number of benzene rings is 1. The van der Waals surface area contributed by atoms with Gasteiger partial charge in [-0.1, -0.05) is 108 Å². The number of rotatable bonds is 19. The Bertz CT molecular complexity index is 557. The molecule has 2 nitrogen and oxygen atoms in total. The SMILES string of the molecule is CCCCCCCCCCCCCCC/C=C/Cc1ccc(OCC2(C)CO2)cc1. The Morgan fingerprint density at radius 1 is 0.800 bits per heavy atom. The first-order chi connectivity index (χ1) is 14.7. The van der Waals surface area contributed by atoms with E-state index >= 15 is 0 Å². The molecular formula is C28H46O2. The minimum absolute atomic E-state index is 0.0467. The van der Waals surface area contributed by atoms with E-state index in [4.69, 9.17) is 9.47 Å². The van der Waals surface area contributed by atoms with E-state index in [2.05, 4.69) is 50.3 Å². The number of hydrogen-bond acceptors (Lipinski definition) is 2. The van der Waals surface area contributed by atoms with Crippen LogP contribution in [0.4, 0.5) is 0 Å². The Kier molecular flexibility index (Phi) is 12.9. The van der Waals surface area contributed by atoms with Crippen LogP contribution in [-0.2, 0) is 11.2 Å². The van der Waals surface area contributed by atoms with Crippen molar-refractivity contribution in [3.05, 3.63) is 42.0 Å². The summed E-state index contributed by atoms with van der Waals surface area (Å²) >= 11 is 0. The summed E-state index contributed by atoms with van der Waals surface area (Å²) in [4.78, 5) is 0. The zero-order valence-corrected chi connectivity index (χ0v) is 19.8. The van der Waals surface area contributed by atoms with Crippen molar-refractivity contribution < 1.29 is 9.47 Å². The molecule has 1 aliphatic rings. The van der Waals surface area contributed by atoms with E-state index in [1.807, 2.05) is 0 Å². The van der Waals surface area contributed by atoms with Crippen LogP contribution >= 0.6 is 0 Å². The Labute approximate surface area is 186 Å². The van der Waals surface area contributed by atoms with Gasteiger partial charge in [0, 0.05) is 0 Å². The van der Waals surface area contributed by atoms with Crippen molar-refractivity contribution in [3.63, 3.8) is 0 Å². The molecule has 0 N–H and O–H groups in total. The molecule has 0 spiro atoms. The van der Waals surface area contributed by atoms with Crippen LogP contribution in [-0.4, -0.2) is 18.8 Å². The highest BCUT2D eigenvalue weighted by atomic mass is 16.6. The highest BCUT2D eigenvalue weighted by Crippen LogP contribution is 2.27. The molecule has 0 bridgehead atoms. The fraction of sp³-hybridized carbons (Fsp3) is 0.714. The first-order valence-electron chi connectivity index (χ1n) is 12.7. The highest BCUT2D eigenvalue weighted by molar-refractivity contribution is 5.28. The van der Waals surface area contributed by atoms with Gasteiger partial charge in [-0.25, -0.2) is 0 Å². The molecule has 170 valence electrons.